The highest BCUT2D eigenvalue weighted by Crippen LogP contribution is 2.60. The lowest BCUT2D eigenvalue weighted by atomic mass is 9.58. The molecule has 4 aliphatic heterocycles. The van der Waals surface area contributed by atoms with E-state index in [0.29, 0.717) is 30.6 Å². The van der Waals surface area contributed by atoms with Crippen LogP contribution < -0.4 is 0 Å². The molecule has 7 rings (SSSR count). The highest BCUT2D eigenvalue weighted by Gasteiger charge is 2.69. The number of hydrogen-bond acceptors (Lipinski definition) is 9. The smallest absolute Gasteiger partial charge is 0.269 e. The molecule has 10 heteroatoms. The maximum Gasteiger partial charge on any atom is 0.269 e. The zero-order valence-electron chi connectivity index (χ0n) is 21.5. The summed E-state index contributed by atoms with van der Waals surface area (Å²) in [5.74, 6) is 0.410. The van der Waals surface area contributed by atoms with E-state index in [1.807, 2.05) is 6.92 Å². The predicted molar refractivity (Wildman–Crippen MR) is 130 cm³/mol. The third kappa shape index (κ3) is 4.19. The monoisotopic (exact) mass is 514 g/mol. The van der Waals surface area contributed by atoms with Crippen molar-refractivity contribution >= 4 is 5.69 Å². The van der Waals surface area contributed by atoms with Gasteiger partial charge in [0.15, 0.2) is 18.2 Å². The Morgan fingerprint density at radius 1 is 1.14 bits per heavy atom. The van der Waals surface area contributed by atoms with Gasteiger partial charge < -0.3 is 18.7 Å². The zero-order valence-corrected chi connectivity index (χ0v) is 21.5. The first-order valence-electron chi connectivity index (χ1n) is 13.3. The molecular formula is C27H34N2O8. The van der Waals surface area contributed by atoms with Gasteiger partial charge in [-0.1, -0.05) is 19.0 Å². The molecule has 4 saturated heterocycles. The van der Waals surface area contributed by atoms with Gasteiger partial charge >= 0.3 is 0 Å². The van der Waals surface area contributed by atoms with Gasteiger partial charge in [-0.15, -0.1) is 0 Å². The van der Waals surface area contributed by atoms with Gasteiger partial charge in [-0.3, -0.25) is 10.1 Å². The molecule has 1 saturated carbocycles. The third-order valence-corrected chi connectivity index (χ3v) is 8.96. The first-order valence-corrected chi connectivity index (χ1v) is 13.3. The molecule has 10 nitrogen and oxygen atoms in total. The van der Waals surface area contributed by atoms with Crippen molar-refractivity contribution in [1.82, 2.24) is 5.16 Å². The minimum Gasteiger partial charge on any atom is -0.364 e. The Labute approximate surface area is 215 Å². The van der Waals surface area contributed by atoms with E-state index >= 15 is 0 Å². The molecule has 0 N–H and O–H groups in total. The first kappa shape index (κ1) is 24.9. The van der Waals surface area contributed by atoms with Gasteiger partial charge in [0.2, 0.25) is 5.79 Å². The highest BCUT2D eigenvalue weighted by molar-refractivity contribution is 5.63. The number of aromatic nitrogens is 1. The molecule has 1 aromatic carbocycles. The molecule has 200 valence electrons. The summed E-state index contributed by atoms with van der Waals surface area (Å²) in [5, 5.41) is 15.1. The lowest BCUT2D eigenvalue weighted by Gasteiger charge is -2.60. The van der Waals surface area contributed by atoms with Crippen LogP contribution in [0.15, 0.2) is 35.1 Å². The van der Waals surface area contributed by atoms with E-state index in [9.17, 15) is 10.1 Å². The van der Waals surface area contributed by atoms with Crippen LogP contribution in [0.3, 0.4) is 0 Å². The Balaban J connectivity index is 1.10. The van der Waals surface area contributed by atoms with Crippen LogP contribution in [-0.2, 0) is 30.4 Å². The second-order valence-corrected chi connectivity index (χ2v) is 11.2. The molecule has 1 aromatic heterocycles. The fraction of sp³-hybridized carbons (Fsp3) is 0.667. The average molecular weight is 515 g/mol. The van der Waals surface area contributed by atoms with Gasteiger partial charge in [0.05, 0.1) is 11.5 Å². The summed E-state index contributed by atoms with van der Waals surface area (Å²) in [6.07, 6.45) is 6.12. The van der Waals surface area contributed by atoms with Gasteiger partial charge in [0.25, 0.3) is 5.69 Å². The summed E-state index contributed by atoms with van der Waals surface area (Å²) < 4.78 is 24.4. The largest absolute Gasteiger partial charge is 0.364 e. The Kier molecular flexibility index (Phi) is 6.35. The number of fused-ring (bicyclic) bond motifs is 2. The molecule has 2 aromatic rings. The minimum absolute atomic E-state index is 0.0427. The molecule has 5 heterocycles. The number of hydrogen-bond donors (Lipinski definition) is 0. The molecule has 1 spiro atoms. The van der Waals surface area contributed by atoms with E-state index in [4.69, 9.17) is 28.5 Å². The molecule has 5 fully saturated rings. The summed E-state index contributed by atoms with van der Waals surface area (Å²) in [6, 6.07) is 6.32. The van der Waals surface area contributed by atoms with Gasteiger partial charge in [-0.25, -0.2) is 9.78 Å². The highest BCUT2D eigenvalue weighted by atomic mass is 17.3. The van der Waals surface area contributed by atoms with Gasteiger partial charge in [0, 0.05) is 41.5 Å². The summed E-state index contributed by atoms with van der Waals surface area (Å²) in [7, 11) is 0. The Bertz CT molecular complexity index is 1140. The Morgan fingerprint density at radius 2 is 1.95 bits per heavy atom. The third-order valence-electron chi connectivity index (χ3n) is 8.96. The number of rotatable bonds is 7. The van der Waals surface area contributed by atoms with Crippen molar-refractivity contribution in [3.05, 3.63) is 46.2 Å². The minimum atomic E-state index is -0.800. The van der Waals surface area contributed by atoms with Crippen LogP contribution in [0.25, 0.3) is 11.3 Å². The predicted octanol–water partition coefficient (Wildman–Crippen LogP) is 5.41. The number of nitro groups is 1. The standard InChI is InChI=1S/C27H34N2O8/c1-16-6-11-22-17(2)24(34-25-27(22)21(16)12-13-26(3,35-25)36-37-27)32-14-4-5-19-15-33-28-23(19)18-7-9-20(10-8-18)29(30)31/h7-10,15-17,21-22,24-25H,4-6,11-14H2,1-3H3/t16-,17-,21+,22+,24+,25-,26-,27-/m1/s1. The van der Waals surface area contributed by atoms with E-state index in [-0.39, 0.29) is 17.5 Å². The summed E-state index contributed by atoms with van der Waals surface area (Å²) in [5.41, 5.74) is 1.86. The van der Waals surface area contributed by atoms with E-state index in [1.54, 1.807) is 18.4 Å². The summed E-state index contributed by atoms with van der Waals surface area (Å²) >= 11 is 0. The van der Waals surface area contributed by atoms with Crippen molar-refractivity contribution in [3.63, 3.8) is 0 Å². The van der Waals surface area contributed by atoms with Gasteiger partial charge in [-0.2, -0.15) is 0 Å². The molecular weight excluding hydrogens is 480 g/mol. The van der Waals surface area contributed by atoms with Crippen LogP contribution >= 0.6 is 0 Å². The van der Waals surface area contributed by atoms with Crippen molar-refractivity contribution in [2.45, 2.75) is 83.3 Å². The lowest BCUT2D eigenvalue weighted by molar-refractivity contribution is -0.577. The number of ether oxygens (including phenoxy) is 3. The van der Waals surface area contributed by atoms with Crippen molar-refractivity contribution in [2.24, 2.45) is 23.7 Å². The molecule has 0 amide bonds. The molecule has 8 atom stereocenters. The fourth-order valence-electron chi connectivity index (χ4n) is 6.94. The SMILES string of the molecule is C[C@H]1[C@@H](OCCCc2conc2-c2ccc([N+](=O)[O-])cc2)O[C@@H]2O[C@@]3(C)CC[C@H]4[C@H](C)CC[C@@H]1[C@@]24OO3. The zero-order chi connectivity index (χ0) is 25.8. The van der Waals surface area contributed by atoms with Crippen molar-refractivity contribution in [3.8, 4) is 11.3 Å². The quantitative estimate of drug-likeness (QED) is 0.207. The lowest BCUT2D eigenvalue weighted by Crippen LogP contribution is -2.70. The van der Waals surface area contributed by atoms with E-state index < -0.39 is 28.9 Å². The van der Waals surface area contributed by atoms with Gasteiger partial charge in [-0.05, 0) is 63.0 Å². The summed E-state index contributed by atoms with van der Waals surface area (Å²) in [4.78, 5) is 22.6. The van der Waals surface area contributed by atoms with Crippen molar-refractivity contribution in [2.75, 3.05) is 6.61 Å². The second kappa shape index (κ2) is 9.43. The number of nitro benzene ring substituents is 1. The van der Waals surface area contributed by atoms with Crippen LogP contribution in [0.1, 0.15) is 58.4 Å². The number of aryl methyl sites for hydroxylation is 1. The van der Waals surface area contributed by atoms with Crippen molar-refractivity contribution < 1.29 is 33.4 Å². The Morgan fingerprint density at radius 3 is 2.73 bits per heavy atom. The van der Waals surface area contributed by atoms with Crippen LogP contribution in [0.4, 0.5) is 5.69 Å². The van der Waals surface area contributed by atoms with E-state index in [1.165, 1.54) is 12.1 Å². The average Bonchev–Trinajstić information content (AvgIpc) is 3.24. The van der Waals surface area contributed by atoms with Crippen LogP contribution in [0, 0.1) is 33.8 Å². The molecule has 0 radical (unpaired) electrons. The Hall–Kier alpha value is -2.37. The second-order valence-electron chi connectivity index (χ2n) is 11.2. The molecule has 0 unspecified atom stereocenters. The van der Waals surface area contributed by atoms with Crippen molar-refractivity contribution in [1.29, 1.82) is 0 Å². The maximum atomic E-state index is 10.9. The first-order chi connectivity index (χ1) is 17.8. The topological polar surface area (TPSA) is 115 Å². The fourth-order valence-corrected chi connectivity index (χ4v) is 6.94. The molecule has 2 bridgehead atoms. The molecule has 5 aliphatic rings. The van der Waals surface area contributed by atoms with Crippen LogP contribution in [-0.4, -0.2) is 40.7 Å². The van der Waals surface area contributed by atoms with Crippen LogP contribution in [0.2, 0.25) is 0 Å². The molecule has 37 heavy (non-hydrogen) atoms. The number of nitrogens with zero attached hydrogens (tertiary/aromatic N) is 2. The number of non-ortho nitro benzene ring substituents is 1. The van der Waals surface area contributed by atoms with E-state index in [0.717, 1.165) is 43.2 Å². The number of benzene rings is 1. The summed E-state index contributed by atoms with van der Waals surface area (Å²) in [6.45, 7) is 6.92. The normalized spacial score (nSPS) is 38.7. The van der Waals surface area contributed by atoms with Crippen LogP contribution in [0.5, 0.6) is 0 Å². The molecule has 1 aliphatic carbocycles. The van der Waals surface area contributed by atoms with Gasteiger partial charge in [0.1, 0.15) is 12.0 Å². The maximum absolute atomic E-state index is 10.9. The van der Waals surface area contributed by atoms with E-state index in [2.05, 4.69) is 19.0 Å².